The molecule has 0 bridgehead atoms. The Bertz CT molecular complexity index is 900. The topological polar surface area (TPSA) is 58.6 Å². The molecule has 1 N–H and O–H groups in total. The third-order valence-corrected chi connectivity index (χ3v) is 4.25. The van der Waals surface area contributed by atoms with Crippen molar-refractivity contribution in [3.63, 3.8) is 0 Å². The van der Waals surface area contributed by atoms with Crippen LogP contribution in [0.15, 0.2) is 61.2 Å². The second-order valence-corrected chi connectivity index (χ2v) is 6.41. The van der Waals surface area contributed by atoms with Crippen LogP contribution in [-0.4, -0.2) is 24.5 Å². The number of fused-ring (bicyclic) bond motifs is 1. The Kier molecular flexibility index (Phi) is 5.41. The molecule has 0 aliphatic carbocycles. The van der Waals surface area contributed by atoms with Gasteiger partial charge in [-0.15, -0.1) is 6.58 Å². The summed E-state index contributed by atoms with van der Waals surface area (Å²) in [6.07, 6.45) is 4.34. The predicted octanol–water partition coefficient (Wildman–Crippen LogP) is 3.95. The highest BCUT2D eigenvalue weighted by atomic mass is 16.5. The molecule has 0 saturated carbocycles. The van der Waals surface area contributed by atoms with Gasteiger partial charge >= 0.3 is 0 Å². The SMILES string of the molecule is C=CCN1C(=O)C(C)Oc2cc(NC(=O)/C=C/c3ccc(C)cc3)ccc21. The molecule has 0 fully saturated rings. The van der Waals surface area contributed by atoms with Gasteiger partial charge in [0.25, 0.3) is 5.91 Å². The van der Waals surface area contributed by atoms with Crippen molar-refractivity contribution < 1.29 is 14.3 Å². The summed E-state index contributed by atoms with van der Waals surface area (Å²) in [5.41, 5.74) is 3.40. The van der Waals surface area contributed by atoms with Crippen LogP contribution in [-0.2, 0) is 9.59 Å². The van der Waals surface area contributed by atoms with Gasteiger partial charge in [0.05, 0.1) is 5.69 Å². The van der Waals surface area contributed by atoms with E-state index >= 15 is 0 Å². The van der Waals surface area contributed by atoms with Gasteiger partial charge in [-0.3, -0.25) is 9.59 Å². The van der Waals surface area contributed by atoms with Crippen LogP contribution in [0.1, 0.15) is 18.1 Å². The lowest BCUT2D eigenvalue weighted by Gasteiger charge is -2.32. The summed E-state index contributed by atoms with van der Waals surface area (Å²) in [7, 11) is 0. The second kappa shape index (κ2) is 7.91. The van der Waals surface area contributed by atoms with Crippen LogP contribution in [0.2, 0.25) is 0 Å². The molecule has 5 nitrogen and oxygen atoms in total. The van der Waals surface area contributed by atoms with E-state index in [9.17, 15) is 9.59 Å². The fourth-order valence-electron chi connectivity index (χ4n) is 2.84. The smallest absolute Gasteiger partial charge is 0.268 e. The maximum absolute atomic E-state index is 12.3. The average molecular weight is 362 g/mol. The first-order chi connectivity index (χ1) is 13.0. The molecule has 1 unspecified atom stereocenters. The van der Waals surface area contributed by atoms with Crippen LogP contribution < -0.4 is 15.0 Å². The van der Waals surface area contributed by atoms with Crippen LogP contribution in [0.5, 0.6) is 5.75 Å². The third-order valence-electron chi connectivity index (χ3n) is 4.25. The molecular weight excluding hydrogens is 340 g/mol. The average Bonchev–Trinajstić information content (AvgIpc) is 2.65. The first-order valence-corrected chi connectivity index (χ1v) is 8.76. The first-order valence-electron chi connectivity index (χ1n) is 8.76. The van der Waals surface area contributed by atoms with Crippen molar-refractivity contribution in [1.82, 2.24) is 0 Å². The van der Waals surface area contributed by atoms with Crippen molar-refractivity contribution in [3.05, 3.63) is 72.3 Å². The van der Waals surface area contributed by atoms with E-state index in [2.05, 4.69) is 11.9 Å². The Hall–Kier alpha value is -3.34. The number of nitrogens with one attached hydrogen (secondary N) is 1. The Labute approximate surface area is 158 Å². The van der Waals surface area contributed by atoms with Crippen molar-refractivity contribution in [1.29, 1.82) is 0 Å². The minimum absolute atomic E-state index is 0.111. The molecule has 0 spiro atoms. The van der Waals surface area contributed by atoms with E-state index in [0.29, 0.717) is 23.7 Å². The lowest BCUT2D eigenvalue weighted by molar-refractivity contribution is -0.125. The third kappa shape index (κ3) is 4.26. The number of hydrogen-bond acceptors (Lipinski definition) is 3. The molecule has 3 rings (SSSR count). The lowest BCUT2D eigenvalue weighted by Crippen LogP contribution is -2.44. The molecule has 0 aromatic heterocycles. The maximum Gasteiger partial charge on any atom is 0.268 e. The summed E-state index contributed by atoms with van der Waals surface area (Å²) in [4.78, 5) is 26.1. The monoisotopic (exact) mass is 362 g/mol. The zero-order valence-corrected chi connectivity index (χ0v) is 15.4. The summed E-state index contributed by atoms with van der Waals surface area (Å²) in [6.45, 7) is 7.82. The first kappa shape index (κ1) is 18.5. The number of carbonyl (C=O) groups excluding carboxylic acids is 2. The summed E-state index contributed by atoms with van der Waals surface area (Å²) in [5.74, 6) is 0.211. The predicted molar refractivity (Wildman–Crippen MR) is 108 cm³/mol. The van der Waals surface area contributed by atoms with E-state index in [0.717, 1.165) is 5.56 Å². The highest BCUT2D eigenvalue weighted by molar-refractivity contribution is 6.03. The fourth-order valence-corrected chi connectivity index (χ4v) is 2.84. The Balaban J connectivity index is 1.74. The summed E-state index contributed by atoms with van der Waals surface area (Å²) in [5, 5.41) is 2.82. The standard InChI is InChI=1S/C22H22N2O3/c1-4-13-24-19-11-10-18(14-20(19)27-16(3)22(24)26)23-21(25)12-9-17-7-5-15(2)6-8-17/h4-12,14,16H,1,13H2,2-3H3,(H,23,25)/b12-9+. The van der Waals surface area contributed by atoms with Gasteiger partial charge in [0.1, 0.15) is 5.75 Å². The highest BCUT2D eigenvalue weighted by Gasteiger charge is 2.30. The van der Waals surface area contributed by atoms with Crippen molar-refractivity contribution in [2.45, 2.75) is 20.0 Å². The van der Waals surface area contributed by atoms with E-state index in [1.165, 1.54) is 11.6 Å². The molecule has 138 valence electrons. The molecule has 1 aliphatic heterocycles. The molecule has 1 heterocycles. The summed E-state index contributed by atoms with van der Waals surface area (Å²) < 4.78 is 5.69. The van der Waals surface area contributed by atoms with Gasteiger partial charge in [-0.05, 0) is 37.6 Å². The van der Waals surface area contributed by atoms with Crippen LogP contribution >= 0.6 is 0 Å². The molecule has 2 aromatic carbocycles. The Morgan fingerprint density at radius 3 is 2.70 bits per heavy atom. The minimum atomic E-state index is -0.579. The van der Waals surface area contributed by atoms with Crippen molar-refractivity contribution in [3.8, 4) is 5.75 Å². The zero-order chi connectivity index (χ0) is 19.4. The summed E-state index contributed by atoms with van der Waals surface area (Å²) in [6, 6.07) is 13.1. The number of aryl methyl sites for hydroxylation is 1. The number of hydrogen-bond donors (Lipinski definition) is 1. The number of amides is 2. The molecule has 0 radical (unpaired) electrons. The Morgan fingerprint density at radius 1 is 1.26 bits per heavy atom. The van der Waals surface area contributed by atoms with E-state index in [1.807, 2.05) is 31.2 Å². The molecule has 5 heteroatoms. The van der Waals surface area contributed by atoms with E-state index in [1.54, 1.807) is 42.2 Å². The molecular formula is C22H22N2O3. The van der Waals surface area contributed by atoms with Gasteiger partial charge in [-0.25, -0.2) is 0 Å². The van der Waals surface area contributed by atoms with Gasteiger partial charge in [-0.1, -0.05) is 35.9 Å². The van der Waals surface area contributed by atoms with E-state index < -0.39 is 6.10 Å². The minimum Gasteiger partial charge on any atom is -0.479 e. The second-order valence-electron chi connectivity index (χ2n) is 6.41. The maximum atomic E-state index is 12.3. The number of rotatable bonds is 5. The van der Waals surface area contributed by atoms with Gasteiger partial charge in [0.2, 0.25) is 5.91 Å². The number of benzene rings is 2. The molecule has 1 aliphatic rings. The van der Waals surface area contributed by atoms with Gasteiger partial charge < -0.3 is 15.0 Å². The lowest BCUT2D eigenvalue weighted by atomic mass is 10.1. The number of anilines is 2. The van der Waals surface area contributed by atoms with Crippen LogP contribution in [0.25, 0.3) is 6.08 Å². The summed E-state index contributed by atoms with van der Waals surface area (Å²) >= 11 is 0. The van der Waals surface area contributed by atoms with E-state index in [-0.39, 0.29) is 11.8 Å². The molecule has 0 saturated heterocycles. The van der Waals surface area contributed by atoms with Crippen LogP contribution in [0.3, 0.4) is 0 Å². The van der Waals surface area contributed by atoms with Crippen molar-refractivity contribution in [2.24, 2.45) is 0 Å². The molecule has 27 heavy (non-hydrogen) atoms. The molecule has 2 amide bonds. The normalized spacial score (nSPS) is 16.0. The quantitative estimate of drug-likeness (QED) is 0.647. The van der Waals surface area contributed by atoms with Crippen molar-refractivity contribution in [2.75, 3.05) is 16.8 Å². The number of nitrogens with zero attached hydrogens (tertiary/aromatic N) is 1. The largest absolute Gasteiger partial charge is 0.479 e. The fraction of sp³-hybridized carbons (Fsp3) is 0.182. The highest BCUT2D eigenvalue weighted by Crippen LogP contribution is 2.36. The Morgan fingerprint density at radius 2 is 2.00 bits per heavy atom. The van der Waals surface area contributed by atoms with Crippen LogP contribution in [0, 0.1) is 6.92 Å². The van der Waals surface area contributed by atoms with Gasteiger partial charge in [-0.2, -0.15) is 0 Å². The zero-order valence-electron chi connectivity index (χ0n) is 15.4. The van der Waals surface area contributed by atoms with Gasteiger partial charge in [0.15, 0.2) is 6.10 Å². The molecule has 2 aromatic rings. The number of ether oxygens (including phenoxy) is 1. The van der Waals surface area contributed by atoms with E-state index in [4.69, 9.17) is 4.74 Å². The molecule has 1 atom stereocenters. The number of carbonyl (C=O) groups is 2. The van der Waals surface area contributed by atoms with Crippen molar-refractivity contribution >= 4 is 29.3 Å². The van der Waals surface area contributed by atoms with Crippen LogP contribution in [0.4, 0.5) is 11.4 Å². The van der Waals surface area contributed by atoms with Gasteiger partial charge in [0, 0.05) is 24.4 Å².